The van der Waals surface area contributed by atoms with Crippen LogP contribution in [-0.4, -0.2) is 63.4 Å². The van der Waals surface area contributed by atoms with Gasteiger partial charge < -0.3 is 0 Å². The van der Waals surface area contributed by atoms with E-state index >= 15 is 0 Å². The largest absolute Gasteiger partial charge is 0.296 e. The van der Waals surface area contributed by atoms with Gasteiger partial charge in [0, 0.05) is 58.1 Å². The molecule has 0 unspecified atom stereocenters. The maximum Gasteiger partial charge on any atom is 0.246 e. The van der Waals surface area contributed by atoms with Gasteiger partial charge in [-0.15, -0.1) is 0 Å². The molecule has 0 spiro atoms. The summed E-state index contributed by atoms with van der Waals surface area (Å²) in [5, 5.41) is 8.52. The highest BCUT2D eigenvalue weighted by Crippen LogP contribution is 2.22. The van der Waals surface area contributed by atoms with Gasteiger partial charge in [0.25, 0.3) is 0 Å². The molecule has 0 saturated carbocycles. The topological polar surface area (TPSA) is 76.3 Å². The van der Waals surface area contributed by atoms with Gasteiger partial charge in [-0.2, -0.15) is 14.5 Å². The molecule has 25 heavy (non-hydrogen) atoms. The minimum absolute atomic E-state index is 0.308. The van der Waals surface area contributed by atoms with E-state index in [0.29, 0.717) is 36.8 Å². The van der Waals surface area contributed by atoms with Gasteiger partial charge in [-0.1, -0.05) is 0 Å². The number of hydrogen-bond acceptors (Lipinski definition) is 5. The number of sulfonamides is 1. The van der Waals surface area contributed by atoms with Gasteiger partial charge in [0.1, 0.15) is 4.90 Å². The van der Waals surface area contributed by atoms with Crippen molar-refractivity contribution in [3.8, 4) is 0 Å². The van der Waals surface area contributed by atoms with Crippen LogP contribution >= 0.6 is 0 Å². The van der Waals surface area contributed by atoms with Crippen molar-refractivity contribution in [2.45, 2.75) is 32.2 Å². The second kappa shape index (κ2) is 6.54. The number of nitrogens with zero attached hydrogens (tertiary/aromatic N) is 6. The minimum atomic E-state index is -3.47. The molecule has 3 heterocycles. The monoisotopic (exact) mass is 366 g/mol. The number of piperazine rings is 1. The molecule has 1 saturated heterocycles. The number of aryl methyl sites for hydroxylation is 3. The molecular formula is C16H26N6O2S. The average Bonchev–Trinajstić information content (AvgIpc) is 3.02. The Balaban J connectivity index is 1.68. The van der Waals surface area contributed by atoms with E-state index < -0.39 is 10.0 Å². The summed E-state index contributed by atoms with van der Waals surface area (Å²) in [6.07, 6.45) is 1.44. The van der Waals surface area contributed by atoms with Crippen LogP contribution in [0.1, 0.15) is 22.6 Å². The Morgan fingerprint density at radius 1 is 1.00 bits per heavy atom. The molecule has 2 aromatic rings. The minimum Gasteiger partial charge on any atom is -0.296 e. The summed E-state index contributed by atoms with van der Waals surface area (Å²) < 4.78 is 30.7. The smallest absolute Gasteiger partial charge is 0.246 e. The van der Waals surface area contributed by atoms with Crippen LogP contribution in [0.2, 0.25) is 0 Å². The highest BCUT2D eigenvalue weighted by atomic mass is 32.2. The summed E-state index contributed by atoms with van der Waals surface area (Å²) in [6, 6.07) is 0. The Kier molecular flexibility index (Phi) is 4.74. The average molecular weight is 366 g/mol. The molecule has 9 heteroatoms. The molecule has 1 aliphatic rings. The summed E-state index contributed by atoms with van der Waals surface area (Å²) in [7, 11) is 0.232. The molecule has 0 aromatic carbocycles. The summed E-state index contributed by atoms with van der Waals surface area (Å²) >= 11 is 0. The van der Waals surface area contributed by atoms with Crippen LogP contribution in [0.5, 0.6) is 0 Å². The van der Waals surface area contributed by atoms with Crippen LogP contribution in [0.15, 0.2) is 11.1 Å². The first-order valence-corrected chi connectivity index (χ1v) is 9.86. The molecule has 1 fully saturated rings. The molecule has 1 aliphatic heterocycles. The summed E-state index contributed by atoms with van der Waals surface area (Å²) in [5.41, 5.74) is 4.12. The van der Waals surface area contributed by atoms with Crippen molar-refractivity contribution in [2.24, 2.45) is 14.1 Å². The third-order valence-electron chi connectivity index (χ3n) is 5.18. The normalized spacial score (nSPS) is 17.3. The third kappa shape index (κ3) is 3.23. The van der Waals surface area contributed by atoms with Crippen LogP contribution in [0.3, 0.4) is 0 Å². The zero-order valence-corrected chi connectivity index (χ0v) is 16.3. The first-order valence-electron chi connectivity index (χ1n) is 8.42. The number of hydrogen-bond donors (Lipinski definition) is 0. The van der Waals surface area contributed by atoms with Crippen molar-refractivity contribution in [1.82, 2.24) is 28.8 Å². The lowest BCUT2D eigenvalue weighted by Gasteiger charge is -2.33. The molecule has 0 amide bonds. The maximum atomic E-state index is 12.8. The lowest BCUT2D eigenvalue weighted by Crippen LogP contribution is -2.48. The van der Waals surface area contributed by atoms with Gasteiger partial charge in [0.2, 0.25) is 10.0 Å². The van der Waals surface area contributed by atoms with Gasteiger partial charge >= 0.3 is 0 Å². The van der Waals surface area contributed by atoms with Crippen LogP contribution in [0.4, 0.5) is 0 Å². The van der Waals surface area contributed by atoms with E-state index in [2.05, 4.69) is 22.0 Å². The second-order valence-corrected chi connectivity index (χ2v) is 8.58. The van der Waals surface area contributed by atoms with E-state index in [9.17, 15) is 8.42 Å². The highest BCUT2D eigenvalue weighted by molar-refractivity contribution is 7.89. The fraction of sp³-hybridized carbons (Fsp3) is 0.625. The summed E-state index contributed by atoms with van der Waals surface area (Å²) in [5.74, 6) is 0. The van der Waals surface area contributed by atoms with Gasteiger partial charge in [-0.25, -0.2) is 8.42 Å². The first kappa shape index (κ1) is 18.1. The predicted octanol–water partition coefficient (Wildman–Crippen LogP) is 0.585. The molecule has 138 valence electrons. The fourth-order valence-corrected chi connectivity index (χ4v) is 4.88. The number of aromatic nitrogens is 4. The first-order chi connectivity index (χ1) is 11.7. The Bertz CT molecular complexity index is 875. The van der Waals surface area contributed by atoms with Crippen molar-refractivity contribution >= 4 is 10.0 Å². The van der Waals surface area contributed by atoms with Crippen molar-refractivity contribution in [3.05, 3.63) is 28.8 Å². The fourth-order valence-electron chi connectivity index (χ4n) is 3.27. The lowest BCUT2D eigenvalue weighted by atomic mass is 10.1. The van der Waals surface area contributed by atoms with Crippen LogP contribution in [0.25, 0.3) is 0 Å². The molecule has 2 aromatic heterocycles. The quantitative estimate of drug-likeness (QED) is 0.791. The molecule has 0 aliphatic carbocycles. The molecule has 0 radical (unpaired) electrons. The van der Waals surface area contributed by atoms with E-state index in [1.165, 1.54) is 17.5 Å². The lowest BCUT2D eigenvalue weighted by molar-refractivity contribution is 0.181. The van der Waals surface area contributed by atoms with Crippen molar-refractivity contribution in [1.29, 1.82) is 0 Å². The Morgan fingerprint density at radius 2 is 1.64 bits per heavy atom. The maximum absolute atomic E-state index is 12.8. The zero-order valence-electron chi connectivity index (χ0n) is 15.5. The van der Waals surface area contributed by atoms with Gasteiger partial charge in [-0.05, 0) is 20.8 Å². The SMILES string of the molecule is Cc1nn(C)c(C)c1CN1CCN(S(=O)(=O)c2cnn(C)c2C)CC1. The molecular weight excluding hydrogens is 340 g/mol. The van der Waals surface area contributed by atoms with Crippen LogP contribution < -0.4 is 0 Å². The predicted molar refractivity (Wildman–Crippen MR) is 94.7 cm³/mol. The van der Waals surface area contributed by atoms with E-state index in [1.807, 2.05) is 18.7 Å². The third-order valence-corrected chi connectivity index (χ3v) is 7.18. The zero-order chi connectivity index (χ0) is 18.4. The highest BCUT2D eigenvalue weighted by Gasteiger charge is 2.31. The van der Waals surface area contributed by atoms with Crippen LogP contribution in [0, 0.1) is 20.8 Å². The van der Waals surface area contributed by atoms with E-state index in [4.69, 9.17) is 0 Å². The van der Waals surface area contributed by atoms with Crippen molar-refractivity contribution in [3.63, 3.8) is 0 Å². The Morgan fingerprint density at radius 3 is 2.12 bits per heavy atom. The van der Waals surface area contributed by atoms with Gasteiger partial charge in [0.05, 0.1) is 17.6 Å². The molecule has 8 nitrogen and oxygen atoms in total. The van der Waals surface area contributed by atoms with Crippen molar-refractivity contribution in [2.75, 3.05) is 26.2 Å². The summed E-state index contributed by atoms with van der Waals surface area (Å²) in [6.45, 7) is 9.10. The van der Waals surface area contributed by atoms with E-state index in [0.717, 1.165) is 12.2 Å². The van der Waals surface area contributed by atoms with Crippen molar-refractivity contribution < 1.29 is 8.42 Å². The van der Waals surface area contributed by atoms with E-state index in [1.54, 1.807) is 23.0 Å². The number of rotatable bonds is 4. The molecule has 3 rings (SSSR count). The summed E-state index contributed by atoms with van der Waals surface area (Å²) in [4.78, 5) is 2.60. The standard InChI is InChI=1S/C16H26N6O2S/c1-12-15(13(2)20(5)18-12)11-21-6-8-22(9-7-21)25(23,24)16-10-17-19(4)14(16)3/h10H,6-9,11H2,1-5H3. The van der Waals surface area contributed by atoms with E-state index in [-0.39, 0.29) is 0 Å². The molecule has 0 N–H and O–H groups in total. The molecule has 0 atom stereocenters. The Hall–Kier alpha value is -1.71. The van der Waals surface area contributed by atoms with Crippen LogP contribution in [-0.2, 0) is 30.7 Å². The second-order valence-electron chi connectivity index (χ2n) is 6.67. The molecule has 0 bridgehead atoms. The van der Waals surface area contributed by atoms with Gasteiger partial charge in [-0.3, -0.25) is 14.3 Å². The Labute approximate surface area is 149 Å². The van der Waals surface area contributed by atoms with Gasteiger partial charge in [0.15, 0.2) is 0 Å².